The summed E-state index contributed by atoms with van der Waals surface area (Å²) in [6.45, 7) is 1.69. The van der Waals surface area contributed by atoms with Crippen molar-refractivity contribution in [1.29, 1.82) is 0 Å². The molecule has 0 N–H and O–H groups in total. The van der Waals surface area contributed by atoms with Crippen molar-refractivity contribution in [2.45, 2.75) is 25.4 Å². The monoisotopic (exact) mass is 284 g/mol. The lowest BCUT2D eigenvalue weighted by atomic mass is 10.1. The molecule has 0 aliphatic carbocycles. The maximum Gasteiger partial charge on any atom is 0.225 e. The molecule has 1 atom stereocenters. The Bertz CT molecular complexity index is 569. The number of nitrogens with zero attached hydrogens (tertiary/aromatic N) is 4. The minimum absolute atomic E-state index is 0.283. The summed E-state index contributed by atoms with van der Waals surface area (Å²) in [5, 5.41) is 0. The molecule has 1 fully saturated rings. The van der Waals surface area contributed by atoms with E-state index in [4.69, 9.17) is 4.74 Å². The third-order valence-electron chi connectivity index (χ3n) is 3.66. The fraction of sp³-hybridized carbons (Fsp3) is 0.438. The van der Waals surface area contributed by atoms with E-state index in [1.54, 1.807) is 12.4 Å². The van der Waals surface area contributed by atoms with Crippen molar-refractivity contribution in [1.82, 2.24) is 15.0 Å². The van der Waals surface area contributed by atoms with Gasteiger partial charge in [-0.2, -0.15) is 0 Å². The van der Waals surface area contributed by atoms with E-state index in [2.05, 4.69) is 19.9 Å². The summed E-state index contributed by atoms with van der Waals surface area (Å²) in [5.41, 5.74) is 1.71. The summed E-state index contributed by atoms with van der Waals surface area (Å²) in [5.74, 6) is 0.715. The lowest BCUT2D eigenvalue weighted by Crippen LogP contribution is -2.34. The van der Waals surface area contributed by atoms with Crippen molar-refractivity contribution >= 4 is 5.95 Å². The lowest BCUT2D eigenvalue weighted by molar-refractivity contribution is 0.0214. The van der Waals surface area contributed by atoms with E-state index in [1.165, 1.54) is 12.8 Å². The summed E-state index contributed by atoms with van der Waals surface area (Å²) in [7, 11) is 2.01. The van der Waals surface area contributed by atoms with E-state index in [0.717, 1.165) is 31.0 Å². The Labute approximate surface area is 125 Å². The topological polar surface area (TPSA) is 51.1 Å². The molecule has 5 nitrogen and oxygen atoms in total. The molecule has 21 heavy (non-hydrogen) atoms. The van der Waals surface area contributed by atoms with Crippen LogP contribution in [0.2, 0.25) is 0 Å². The van der Waals surface area contributed by atoms with Gasteiger partial charge >= 0.3 is 0 Å². The van der Waals surface area contributed by atoms with Crippen LogP contribution in [0, 0.1) is 0 Å². The molecule has 0 radical (unpaired) electrons. The van der Waals surface area contributed by atoms with Crippen LogP contribution in [-0.2, 0) is 4.74 Å². The van der Waals surface area contributed by atoms with Crippen LogP contribution in [0.5, 0.6) is 0 Å². The average Bonchev–Trinajstić information content (AvgIpc) is 2.57. The first kappa shape index (κ1) is 13.9. The van der Waals surface area contributed by atoms with Gasteiger partial charge in [-0.1, -0.05) is 6.07 Å². The zero-order valence-electron chi connectivity index (χ0n) is 12.3. The number of pyridine rings is 1. The van der Waals surface area contributed by atoms with Crippen LogP contribution in [0.4, 0.5) is 5.95 Å². The standard InChI is InChI=1S/C16H20N4O/c1-20(12-13-6-3-5-11-21-13)16-18-10-8-15(19-16)14-7-2-4-9-17-14/h2,4,7-10,13H,3,5-6,11-12H2,1H3. The fourth-order valence-electron chi connectivity index (χ4n) is 2.53. The molecule has 3 rings (SSSR count). The molecule has 1 aliphatic rings. The number of likely N-dealkylation sites (N-methyl/N-ethyl adjacent to an activating group) is 1. The van der Waals surface area contributed by atoms with Crippen LogP contribution in [0.1, 0.15) is 19.3 Å². The predicted molar refractivity (Wildman–Crippen MR) is 82.1 cm³/mol. The zero-order valence-corrected chi connectivity index (χ0v) is 12.3. The first-order chi connectivity index (χ1) is 10.3. The minimum atomic E-state index is 0.283. The van der Waals surface area contributed by atoms with E-state index in [0.29, 0.717) is 5.95 Å². The third-order valence-corrected chi connectivity index (χ3v) is 3.66. The summed E-state index contributed by atoms with van der Waals surface area (Å²) < 4.78 is 5.78. The molecule has 0 aromatic carbocycles. The van der Waals surface area contributed by atoms with Crippen molar-refractivity contribution in [3.05, 3.63) is 36.7 Å². The van der Waals surface area contributed by atoms with Gasteiger partial charge in [0.25, 0.3) is 0 Å². The Morgan fingerprint density at radius 1 is 1.14 bits per heavy atom. The highest BCUT2D eigenvalue weighted by atomic mass is 16.5. The largest absolute Gasteiger partial charge is 0.376 e. The van der Waals surface area contributed by atoms with E-state index in [9.17, 15) is 0 Å². The Morgan fingerprint density at radius 2 is 2.10 bits per heavy atom. The van der Waals surface area contributed by atoms with E-state index in [-0.39, 0.29) is 6.10 Å². The summed E-state index contributed by atoms with van der Waals surface area (Å²) in [6.07, 6.45) is 7.37. The van der Waals surface area contributed by atoms with Gasteiger partial charge in [0, 0.05) is 32.6 Å². The van der Waals surface area contributed by atoms with E-state index in [1.807, 2.05) is 31.3 Å². The molecule has 0 spiro atoms. The number of aromatic nitrogens is 3. The van der Waals surface area contributed by atoms with Crippen LogP contribution >= 0.6 is 0 Å². The highest BCUT2D eigenvalue weighted by Crippen LogP contribution is 2.18. The van der Waals surface area contributed by atoms with Crippen LogP contribution in [0.25, 0.3) is 11.4 Å². The molecule has 110 valence electrons. The van der Waals surface area contributed by atoms with Gasteiger partial charge in [0.05, 0.1) is 17.5 Å². The molecule has 0 bridgehead atoms. The molecule has 5 heteroatoms. The normalized spacial score (nSPS) is 18.4. The summed E-state index contributed by atoms with van der Waals surface area (Å²) >= 11 is 0. The molecule has 0 saturated carbocycles. The molecule has 3 heterocycles. The number of ether oxygens (including phenoxy) is 1. The average molecular weight is 284 g/mol. The molecule has 0 amide bonds. The molecular formula is C16H20N4O. The van der Waals surface area contributed by atoms with Gasteiger partial charge < -0.3 is 9.64 Å². The highest BCUT2D eigenvalue weighted by Gasteiger charge is 2.17. The Kier molecular flexibility index (Phi) is 4.40. The number of hydrogen-bond acceptors (Lipinski definition) is 5. The van der Waals surface area contributed by atoms with Crippen LogP contribution < -0.4 is 4.90 Å². The molecule has 1 aliphatic heterocycles. The van der Waals surface area contributed by atoms with Crippen molar-refractivity contribution in [2.24, 2.45) is 0 Å². The predicted octanol–water partition coefficient (Wildman–Crippen LogP) is 2.54. The fourth-order valence-corrected chi connectivity index (χ4v) is 2.53. The van der Waals surface area contributed by atoms with Gasteiger partial charge in [0.1, 0.15) is 0 Å². The Hall–Kier alpha value is -2.01. The van der Waals surface area contributed by atoms with Crippen molar-refractivity contribution in [3.63, 3.8) is 0 Å². The minimum Gasteiger partial charge on any atom is -0.376 e. The number of hydrogen-bond donors (Lipinski definition) is 0. The maximum atomic E-state index is 5.78. The van der Waals surface area contributed by atoms with Gasteiger partial charge in [-0.05, 0) is 37.5 Å². The molecule has 2 aromatic heterocycles. The van der Waals surface area contributed by atoms with Gasteiger partial charge in [0.2, 0.25) is 5.95 Å². The van der Waals surface area contributed by atoms with Crippen LogP contribution in [0.15, 0.2) is 36.7 Å². The highest BCUT2D eigenvalue weighted by molar-refractivity contribution is 5.55. The number of rotatable bonds is 4. The van der Waals surface area contributed by atoms with Crippen LogP contribution in [-0.4, -0.2) is 41.3 Å². The van der Waals surface area contributed by atoms with Gasteiger partial charge in [-0.25, -0.2) is 9.97 Å². The van der Waals surface area contributed by atoms with Crippen molar-refractivity contribution in [2.75, 3.05) is 25.1 Å². The molecule has 2 aromatic rings. The zero-order chi connectivity index (χ0) is 14.5. The first-order valence-corrected chi connectivity index (χ1v) is 7.40. The second kappa shape index (κ2) is 6.63. The van der Waals surface area contributed by atoms with Crippen molar-refractivity contribution < 1.29 is 4.74 Å². The number of anilines is 1. The van der Waals surface area contributed by atoms with E-state index >= 15 is 0 Å². The third kappa shape index (κ3) is 3.55. The molecular weight excluding hydrogens is 264 g/mol. The SMILES string of the molecule is CN(CC1CCCCO1)c1nccc(-c2ccccn2)n1. The summed E-state index contributed by atoms with van der Waals surface area (Å²) in [6, 6.07) is 7.70. The quantitative estimate of drug-likeness (QED) is 0.863. The lowest BCUT2D eigenvalue weighted by Gasteiger charge is -2.27. The van der Waals surface area contributed by atoms with E-state index < -0.39 is 0 Å². The second-order valence-corrected chi connectivity index (χ2v) is 5.33. The Morgan fingerprint density at radius 3 is 2.86 bits per heavy atom. The summed E-state index contributed by atoms with van der Waals surface area (Å²) in [4.78, 5) is 15.4. The first-order valence-electron chi connectivity index (χ1n) is 7.40. The second-order valence-electron chi connectivity index (χ2n) is 5.33. The Balaban J connectivity index is 1.73. The van der Waals surface area contributed by atoms with Gasteiger partial charge in [0.15, 0.2) is 0 Å². The molecule has 1 saturated heterocycles. The van der Waals surface area contributed by atoms with Gasteiger partial charge in [-0.3, -0.25) is 4.98 Å². The van der Waals surface area contributed by atoms with Crippen LogP contribution in [0.3, 0.4) is 0 Å². The van der Waals surface area contributed by atoms with Gasteiger partial charge in [-0.15, -0.1) is 0 Å². The maximum absolute atomic E-state index is 5.78. The molecule has 1 unspecified atom stereocenters. The van der Waals surface area contributed by atoms with Crippen molar-refractivity contribution in [3.8, 4) is 11.4 Å². The smallest absolute Gasteiger partial charge is 0.225 e.